The Labute approximate surface area is 116 Å². The highest BCUT2D eigenvalue weighted by Gasteiger charge is 2.33. The average molecular weight is 292 g/mol. The Bertz CT molecular complexity index is 753. The molecule has 0 fully saturated rings. The van der Waals surface area contributed by atoms with Gasteiger partial charge < -0.3 is 0 Å². The molecule has 0 atom stereocenters. The van der Waals surface area contributed by atoms with Crippen LogP contribution in [0.25, 0.3) is 17.2 Å². The second-order valence-corrected chi connectivity index (χ2v) is 4.01. The molecule has 9 heteroatoms. The van der Waals surface area contributed by atoms with Gasteiger partial charge in [-0.25, -0.2) is 24.6 Å². The Morgan fingerprint density at radius 2 is 1.90 bits per heavy atom. The van der Waals surface area contributed by atoms with Crippen molar-refractivity contribution in [3.05, 3.63) is 48.9 Å². The molecule has 0 saturated carbocycles. The monoisotopic (exact) mass is 292 g/mol. The molecule has 0 radical (unpaired) electrons. The van der Waals surface area contributed by atoms with Crippen LogP contribution in [-0.4, -0.2) is 29.7 Å². The first-order chi connectivity index (χ1) is 10.0. The van der Waals surface area contributed by atoms with Gasteiger partial charge in [-0.05, 0) is 12.1 Å². The average Bonchev–Trinajstić information content (AvgIpc) is 2.97. The van der Waals surface area contributed by atoms with Crippen LogP contribution in [-0.2, 0) is 6.18 Å². The van der Waals surface area contributed by atoms with Gasteiger partial charge in [0.2, 0.25) is 0 Å². The van der Waals surface area contributed by atoms with Crippen LogP contribution >= 0.6 is 0 Å². The molecule has 0 aromatic carbocycles. The Hall–Kier alpha value is -2.84. The fourth-order valence-corrected chi connectivity index (χ4v) is 1.64. The molecule has 0 aliphatic rings. The topological polar surface area (TPSA) is 69.4 Å². The van der Waals surface area contributed by atoms with E-state index in [2.05, 4.69) is 25.0 Å². The zero-order valence-electron chi connectivity index (χ0n) is 10.4. The van der Waals surface area contributed by atoms with Crippen molar-refractivity contribution in [2.75, 3.05) is 0 Å². The lowest BCUT2D eigenvalue weighted by atomic mass is 10.2. The number of hydrogen-bond acceptors (Lipinski definition) is 5. The molecule has 3 aromatic heterocycles. The summed E-state index contributed by atoms with van der Waals surface area (Å²) in [5, 5.41) is 3.95. The first kappa shape index (κ1) is 13.2. The molecule has 0 amide bonds. The van der Waals surface area contributed by atoms with Gasteiger partial charge in [0.15, 0.2) is 0 Å². The van der Waals surface area contributed by atoms with Gasteiger partial charge in [-0.3, -0.25) is 0 Å². The van der Waals surface area contributed by atoms with Crippen molar-refractivity contribution in [3.63, 3.8) is 0 Å². The van der Waals surface area contributed by atoms with Crippen molar-refractivity contribution in [2.24, 2.45) is 0 Å². The lowest BCUT2D eigenvalue weighted by Gasteiger charge is -2.06. The minimum atomic E-state index is -4.53. The fraction of sp³-hybridized carbons (Fsp3) is 0.0833. The second kappa shape index (κ2) is 4.93. The van der Waals surface area contributed by atoms with Crippen LogP contribution in [0.4, 0.5) is 13.2 Å². The number of nitrogens with zero attached hydrogens (tertiary/aromatic N) is 6. The molecule has 0 N–H and O–H groups in total. The zero-order valence-corrected chi connectivity index (χ0v) is 10.4. The van der Waals surface area contributed by atoms with Gasteiger partial charge in [0.1, 0.15) is 12.0 Å². The number of rotatable bonds is 2. The Morgan fingerprint density at radius 1 is 1.05 bits per heavy atom. The number of alkyl halides is 3. The van der Waals surface area contributed by atoms with E-state index in [0.717, 1.165) is 16.9 Å². The molecule has 3 heterocycles. The summed E-state index contributed by atoms with van der Waals surface area (Å²) in [5.74, 6) is -0.162. The number of hydrogen-bond donors (Lipinski definition) is 0. The molecule has 6 nitrogen and oxygen atoms in total. The first-order valence-corrected chi connectivity index (χ1v) is 5.76. The number of aromatic nitrogens is 6. The standard InChI is InChI=1S/C12H7F3N6/c13-12(14,15)10-2-4-17-11(20-10)21-6-8(5-19-21)9-1-3-16-7-18-9/h1-7H. The molecule has 0 bridgehead atoms. The van der Waals surface area contributed by atoms with Crippen molar-refractivity contribution < 1.29 is 13.2 Å². The molecule has 106 valence electrons. The molecule has 0 aliphatic heterocycles. The maximum Gasteiger partial charge on any atom is 0.433 e. The highest BCUT2D eigenvalue weighted by Crippen LogP contribution is 2.27. The van der Waals surface area contributed by atoms with Crippen LogP contribution in [0.15, 0.2) is 43.2 Å². The van der Waals surface area contributed by atoms with E-state index in [9.17, 15) is 13.2 Å². The number of halogens is 3. The summed E-state index contributed by atoms with van der Waals surface area (Å²) in [7, 11) is 0. The van der Waals surface area contributed by atoms with E-state index in [1.807, 2.05) is 0 Å². The van der Waals surface area contributed by atoms with E-state index >= 15 is 0 Å². The van der Waals surface area contributed by atoms with Gasteiger partial charge in [0.25, 0.3) is 5.95 Å². The van der Waals surface area contributed by atoms with Crippen molar-refractivity contribution in [1.29, 1.82) is 0 Å². The summed E-state index contributed by atoms with van der Waals surface area (Å²) in [6, 6.07) is 2.46. The largest absolute Gasteiger partial charge is 0.433 e. The lowest BCUT2D eigenvalue weighted by molar-refractivity contribution is -0.141. The Balaban J connectivity index is 1.97. The van der Waals surface area contributed by atoms with E-state index in [4.69, 9.17) is 0 Å². The predicted octanol–water partition coefficient (Wildman–Crippen LogP) is 2.14. The molecule has 0 aliphatic carbocycles. The molecule has 0 saturated heterocycles. The first-order valence-electron chi connectivity index (χ1n) is 5.76. The molecule has 3 rings (SSSR count). The molecule has 21 heavy (non-hydrogen) atoms. The predicted molar refractivity (Wildman–Crippen MR) is 65.2 cm³/mol. The van der Waals surface area contributed by atoms with Gasteiger partial charge >= 0.3 is 6.18 Å². The Kier molecular flexibility index (Phi) is 3.09. The highest BCUT2D eigenvalue weighted by molar-refractivity contribution is 5.56. The summed E-state index contributed by atoms with van der Waals surface area (Å²) in [6.45, 7) is 0. The summed E-state index contributed by atoms with van der Waals surface area (Å²) < 4.78 is 39.0. The van der Waals surface area contributed by atoms with Crippen molar-refractivity contribution in [3.8, 4) is 17.2 Å². The Morgan fingerprint density at radius 3 is 2.62 bits per heavy atom. The third kappa shape index (κ3) is 2.71. The van der Waals surface area contributed by atoms with E-state index in [1.165, 1.54) is 18.7 Å². The lowest BCUT2D eigenvalue weighted by Crippen LogP contribution is -2.11. The zero-order chi connectivity index (χ0) is 14.9. The van der Waals surface area contributed by atoms with Crippen LogP contribution in [0.3, 0.4) is 0 Å². The quantitative estimate of drug-likeness (QED) is 0.723. The maximum absolute atomic E-state index is 12.6. The van der Waals surface area contributed by atoms with E-state index in [-0.39, 0.29) is 5.95 Å². The maximum atomic E-state index is 12.6. The third-order valence-electron chi connectivity index (χ3n) is 2.60. The van der Waals surface area contributed by atoms with Gasteiger partial charge in [0, 0.05) is 24.2 Å². The van der Waals surface area contributed by atoms with Gasteiger partial charge in [-0.1, -0.05) is 0 Å². The second-order valence-electron chi connectivity index (χ2n) is 4.01. The van der Waals surface area contributed by atoms with Crippen molar-refractivity contribution >= 4 is 0 Å². The molecule has 3 aromatic rings. The smallest absolute Gasteiger partial charge is 0.245 e. The van der Waals surface area contributed by atoms with Crippen LogP contribution in [0, 0.1) is 0 Å². The van der Waals surface area contributed by atoms with Gasteiger partial charge in [-0.2, -0.15) is 18.3 Å². The van der Waals surface area contributed by atoms with Crippen LogP contribution < -0.4 is 0 Å². The molecule has 0 spiro atoms. The molecule has 0 unspecified atom stereocenters. The van der Waals surface area contributed by atoms with E-state index < -0.39 is 11.9 Å². The normalized spacial score (nSPS) is 11.6. The van der Waals surface area contributed by atoms with Gasteiger partial charge in [-0.15, -0.1) is 0 Å². The van der Waals surface area contributed by atoms with E-state index in [0.29, 0.717) is 11.3 Å². The molecular weight excluding hydrogens is 285 g/mol. The van der Waals surface area contributed by atoms with E-state index in [1.54, 1.807) is 12.3 Å². The SMILES string of the molecule is FC(F)(F)c1ccnc(-n2cc(-c3ccncn3)cn2)n1. The van der Waals surface area contributed by atoms with Crippen LogP contribution in [0.5, 0.6) is 0 Å². The van der Waals surface area contributed by atoms with Crippen molar-refractivity contribution in [2.45, 2.75) is 6.18 Å². The summed E-state index contributed by atoms with van der Waals surface area (Å²) in [4.78, 5) is 15.1. The third-order valence-corrected chi connectivity index (χ3v) is 2.60. The van der Waals surface area contributed by atoms with Crippen LogP contribution in [0.1, 0.15) is 5.69 Å². The summed E-state index contributed by atoms with van der Waals surface area (Å²) >= 11 is 0. The minimum absolute atomic E-state index is 0.162. The van der Waals surface area contributed by atoms with Crippen molar-refractivity contribution in [1.82, 2.24) is 29.7 Å². The summed E-state index contributed by atoms with van der Waals surface area (Å²) in [5.41, 5.74) is 0.202. The minimum Gasteiger partial charge on any atom is -0.245 e. The fourth-order valence-electron chi connectivity index (χ4n) is 1.64. The summed E-state index contributed by atoms with van der Waals surface area (Å²) in [6.07, 6.45) is 2.40. The van der Waals surface area contributed by atoms with Gasteiger partial charge in [0.05, 0.1) is 11.9 Å². The molecular formula is C12H7F3N6. The highest BCUT2D eigenvalue weighted by atomic mass is 19.4. The van der Waals surface area contributed by atoms with Crippen LogP contribution in [0.2, 0.25) is 0 Å².